The van der Waals surface area contributed by atoms with Crippen molar-refractivity contribution in [2.24, 2.45) is 0 Å². The first-order chi connectivity index (χ1) is 9.19. The Labute approximate surface area is 113 Å². The van der Waals surface area contributed by atoms with Crippen LogP contribution < -0.4 is 10.1 Å². The van der Waals surface area contributed by atoms with Crippen molar-refractivity contribution in [1.82, 2.24) is 20.1 Å². The van der Waals surface area contributed by atoms with Crippen LogP contribution in [0, 0.1) is 0 Å². The van der Waals surface area contributed by atoms with E-state index in [4.69, 9.17) is 4.74 Å². The number of hydrogen-bond donors (Lipinski definition) is 1. The Morgan fingerprint density at radius 1 is 1.26 bits per heavy atom. The van der Waals surface area contributed by atoms with Gasteiger partial charge in [0.15, 0.2) is 0 Å². The number of nitrogens with one attached hydrogen (secondary N) is 1. The molecule has 0 radical (unpaired) electrons. The summed E-state index contributed by atoms with van der Waals surface area (Å²) in [5, 5.41) is 7.49. The Kier molecular flexibility index (Phi) is 4.52. The first-order valence-corrected chi connectivity index (χ1v) is 6.45. The molecule has 2 heterocycles. The topological polar surface area (TPSA) is 52.0 Å². The average Bonchev–Trinajstić information content (AvgIpc) is 2.87. The van der Waals surface area contributed by atoms with Crippen LogP contribution in [0.3, 0.4) is 0 Å². The maximum atomic E-state index is 5.66. The number of ether oxygens (including phenoxy) is 1. The van der Waals surface area contributed by atoms with Crippen LogP contribution in [0.25, 0.3) is 0 Å². The average molecular weight is 260 g/mol. The fraction of sp³-hybridized carbons (Fsp3) is 0.429. The van der Waals surface area contributed by atoms with Gasteiger partial charge in [0.05, 0.1) is 17.6 Å². The third kappa shape index (κ3) is 3.79. The Morgan fingerprint density at radius 2 is 2.11 bits per heavy atom. The lowest BCUT2D eigenvalue weighted by molar-refractivity contribution is 0.297. The summed E-state index contributed by atoms with van der Waals surface area (Å²) < 4.78 is 7.58. The van der Waals surface area contributed by atoms with Gasteiger partial charge < -0.3 is 10.1 Å². The van der Waals surface area contributed by atoms with Crippen LogP contribution in [-0.4, -0.2) is 21.8 Å². The molecule has 0 saturated heterocycles. The zero-order chi connectivity index (χ0) is 13.7. The first kappa shape index (κ1) is 13.5. The predicted molar refractivity (Wildman–Crippen MR) is 73.9 cm³/mol. The standard InChI is InChI=1S/C14H20N4O/c1-11(2)18-7-6-13(17-18)10-19-14-5-4-12(8-15-3)16-9-14/h4-7,9,11,15H,8,10H2,1-3H3. The summed E-state index contributed by atoms with van der Waals surface area (Å²) >= 11 is 0. The van der Waals surface area contributed by atoms with Crippen LogP contribution in [0.1, 0.15) is 31.3 Å². The summed E-state index contributed by atoms with van der Waals surface area (Å²) in [6, 6.07) is 6.23. The smallest absolute Gasteiger partial charge is 0.138 e. The van der Waals surface area contributed by atoms with Gasteiger partial charge in [0.2, 0.25) is 0 Å². The third-order valence-electron chi connectivity index (χ3n) is 2.73. The van der Waals surface area contributed by atoms with Crippen LogP contribution in [0.15, 0.2) is 30.6 Å². The van der Waals surface area contributed by atoms with E-state index in [1.807, 2.05) is 36.1 Å². The Bertz CT molecular complexity index is 504. The highest BCUT2D eigenvalue weighted by Gasteiger charge is 2.03. The van der Waals surface area contributed by atoms with Gasteiger partial charge in [-0.25, -0.2) is 0 Å². The van der Waals surface area contributed by atoms with E-state index in [1.54, 1.807) is 6.20 Å². The number of aromatic nitrogens is 3. The predicted octanol–water partition coefficient (Wildman–Crippen LogP) is 2.16. The van der Waals surface area contributed by atoms with Gasteiger partial charge in [-0.2, -0.15) is 5.10 Å². The molecular formula is C14H20N4O. The molecule has 2 aromatic heterocycles. The van der Waals surface area contributed by atoms with Crippen LogP contribution >= 0.6 is 0 Å². The second kappa shape index (κ2) is 6.33. The van der Waals surface area contributed by atoms with Crippen LogP contribution in [0.2, 0.25) is 0 Å². The minimum absolute atomic E-state index is 0.372. The molecule has 1 N–H and O–H groups in total. The molecule has 2 rings (SSSR count). The van der Waals surface area contributed by atoms with Gasteiger partial charge in [-0.15, -0.1) is 0 Å². The molecule has 0 bridgehead atoms. The molecule has 102 valence electrons. The molecule has 0 aliphatic heterocycles. The minimum atomic E-state index is 0.372. The van der Waals surface area contributed by atoms with E-state index in [0.717, 1.165) is 23.7 Å². The lowest BCUT2D eigenvalue weighted by Gasteiger charge is -2.06. The van der Waals surface area contributed by atoms with E-state index in [9.17, 15) is 0 Å². The molecule has 0 spiro atoms. The molecule has 0 saturated carbocycles. The van der Waals surface area contributed by atoms with Crippen molar-refractivity contribution in [3.05, 3.63) is 42.0 Å². The molecule has 0 aliphatic carbocycles. The molecule has 0 aromatic carbocycles. The molecule has 0 amide bonds. The molecule has 2 aromatic rings. The van der Waals surface area contributed by atoms with Crippen molar-refractivity contribution in [3.8, 4) is 5.75 Å². The second-order valence-electron chi connectivity index (χ2n) is 4.69. The van der Waals surface area contributed by atoms with Crippen LogP contribution in [0.5, 0.6) is 5.75 Å². The van der Waals surface area contributed by atoms with Crippen molar-refractivity contribution >= 4 is 0 Å². The minimum Gasteiger partial charge on any atom is -0.486 e. The Balaban J connectivity index is 1.90. The van der Waals surface area contributed by atoms with Crippen molar-refractivity contribution in [2.75, 3.05) is 7.05 Å². The van der Waals surface area contributed by atoms with Crippen molar-refractivity contribution in [1.29, 1.82) is 0 Å². The number of rotatable bonds is 6. The molecule has 0 fully saturated rings. The maximum Gasteiger partial charge on any atom is 0.138 e. The summed E-state index contributed by atoms with van der Waals surface area (Å²) in [7, 11) is 1.90. The second-order valence-corrected chi connectivity index (χ2v) is 4.69. The van der Waals surface area contributed by atoms with Crippen molar-refractivity contribution in [2.45, 2.75) is 33.0 Å². The highest BCUT2D eigenvalue weighted by atomic mass is 16.5. The lowest BCUT2D eigenvalue weighted by Crippen LogP contribution is -2.07. The van der Waals surface area contributed by atoms with Gasteiger partial charge in [0.1, 0.15) is 12.4 Å². The fourth-order valence-electron chi connectivity index (χ4n) is 1.68. The normalized spacial score (nSPS) is 10.9. The number of hydrogen-bond acceptors (Lipinski definition) is 4. The van der Waals surface area contributed by atoms with E-state index >= 15 is 0 Å². The van der Waals surface area contributed by atoms with Gasteiger partial charge in [-0.1, -0.05) is 0 Å². The van der Waals surface area contributed by atoms with E-state index in [-0.39, 0.29) is 0 Å². The lowest BCUT2D eigenvalue weighted by atomic mass is 10.3. The summed E-state index contributed by atoms with van der Waals surface area (Å²) in [5.41, 5.74) is 1.92. The molecule has 0 aliphatic rings. The van der Waals surface area contributed by atoms with Crippen molar-refractivity contribution < 1.29 is 4.74 Å². The summed E-state index contributed by atoms with van der Waals surface area (Å²) in [5.74, 6) is 0.763. The number of pyridine rings is 1. The van der Waals surface area contributed by atoms with E-state index < -0.39 is 0 Å². The molecule has 5 heteroatoms. The summed E-state index contributed by atoms with van der Waals surface area (Å²) in [4.78, 5) is 4.30. The maximum absolute atomic E-state index is 5.66. The molecule has 19 heavy (non-hydrogen) atoms. The molecule has 5 nitrogen and oxygen atoms in total. The Morgan fingerprint density at radius 3 is 2.68 bits per heavy atom. The van der Waals surface area contributed by atoms with Crippen LogP contribution in [0.4, 0.5) is 0 Å². The molecular weight excluding hydrogens is 240 g/mol. The van der Waals surface area contributed by atoms with E-state index in [0.29, 0.717) is 12.6 Å². The highest BCUT2D eigenvalue weighted by Crippen LogP contribution is 2.12. The number of nitrogens with zero attached hydrogens (tertiary/aromatic N) is 3. The quantitative estimate of drug-likeness (QED) is 0.864. The van der Waals surface area contributed by atoms with Gasteiger partial charge in [-0.3, -0.25) is 9.67 Å². The zero-order valence-electron chi connectivity index (χ0n) is 11.6. The molecule has 0 unspecified atom stereocenters. The van der Waals surface area contributed by atoms with Gasteiger partial charge in [-0.05, 0) is 39.1 Å². The fourth-order valence-corrected chi connectivity index (χ4v) is 1.68. The summed E-state index contributed by atoms with van der Waals surface area (Å²) in [6.07, 6.45) is 3.71. The SMILES string of the molecule is CNCc1ccc(OCc2ccn(C(C)C)n2)cn1. The first-order valence-electron chi connectivity index (χ1n) is 6.45. The van der Waals surface area contributed by atoms with Gasteiger partial charge in [0, 0.05) is 18.8 Å². The zero-order valence-corrected chi connectivity index (χ0v) is 11.6. The molecule has 0 atom stereocenters. The largest absolute Gasteiger partial charge is 0.486 e. The van der Waals surface area contributed by atoms with Crippen molar-refractivity contribution in [3.63, 3.8) is 0 Å². The summed E-state index contributed by atoms with van der Waals surface area (Å²) in [6.45, 7) is 5.43. The van der Waals surface area contributed by atoms with Crippen LogP contribution in [-0.2, 0) is 13.2 Å². The monoisotopic (exact) mass is 260 g/mol. The Hall–Kier alpha value is -1.88. The third-order valence-corrected chi connectivity index (χ3v) is 2.73. The van der Waals surface area contributed by atoms with Gasteiger partial charge in [0.25, 0.3) is 0 Å². The highest BCUT2D eigenvalue weighted by molar-refractivity contribution is 5.20. The van der Waals surface area contributed by atoms with E-state index in [2.05, 4.69) is 29.2 Å². The van der Waals surface area contributed by atoms with E-state index in [1.165, 1.54) is 0 Å². The van der Waals surface area contributed by atoms with Gasteiger partial charge >= 0.3 is 0 Å².